The van der Waals surface area contributed by atoms with Crippen molar-refractivity contribution in [2.24, 2.45) is 0 Å². The Hall–Kier alpha value is -2.25. The van der Waals surface area contributed by atoms with Crippen LogP contribution in [0.25, 0.3) is 0 Å². The lowest BCUT2D eigenvalue weighted by Gasteiger charge is -2.10. The summed E-state index contributed by atoms with van der Waals surface area (Å²) in [7, 11) is 0. The zero-order chi connectivity index (χ0) is 13.7. The number of aliphatic carboxylic acids is 1. The van der Waals surface area contributed by atoms with Gasteiger partial charge in [0.15, 0.2) is 0 Å². The van der Waals surface area contributed by atoms with E-state index in [1.165, 1.54) is 12.1 Å². The highest BCUT2D eigenvalue weighted by molar-refractivity contribution is 5.67. The van der Waals surface area contributed by atoms with Gasteiger partial charge in [-0.05, 0) is 6.42 Å². The summed E-state index contributed by atoms with van der Waals surface area (Å²) in [6, 6.07) is 3.61. The average molecular weight is 261 g/mol. The van der Waals surface area contributed by atoms with E-state index in [9.17, 15) is 23.7 Å². The van der Waals surface area contributed by atoms with Crippen LogP contribution in [0.4, 0.5) is 14.5 Å². The molecule has 98 valence electrons. The van der Waals surface area contributed by atoms with Crippen LogP contribution in [0.15, 0.2) is 18.2 Å². The normalized spacial score (nSPS) is 10.4. The molecule has 0 atom stereocenters. The molecule has 0 aliphatic heterocycles. The molecule has 0 spiro atoms. The maximum Gasteiger partial charge on any atom is 0.387 e. The van der Waals surface area contributed by atoms with Crippen molar-refractivity contribution in [3.63, 3.8) is 0 Å². The number of para-hydroxylation sites is 1. The second-order valence-corrected chi connectivity index (χ2v) is 3.29. The number of rotatable bonds is 6. The summed E-state index contributed by atoms with van der Waals surface area (Å²) in [5.74, 6) is -1.72. The molecule has 0 fully saturated rings. The maximum atomic E-state index is 12.2. The molecule has 1 rings (SSSR count). The molecular formula is C10H9F2NO5. The van der Waals surface area contributed by atoms with Gasteiger partial charge in [0.2, 0.25) is 5.75 Å². The number of aryl methyl sites for hydroxylation is 1. The topological polar surface area (TPSA) is 89.7 Å². The second kappa shape index (κ2) is 5.89. The summed E-state index contributed by atoms with van der Waals surface area (Å²) < 4.78 is 28.5. The van der Waals surface area contributed by atoms with Crippen LogP contribution in [0.1, 0.15) is 12.0 Å². The van der Waals surface area contributed by atoms with E-state index in [0.29, 0.717) is 0 Å². The van der Waals surface area contributed by atoms with Crippen LogP contribution < -0.4 is 4.74 Å². The number of benzene rings is 1. The third kappa shape index (κ3) is 3.65. The van der Waals surface area contributed by atoms with Gasteiger partial charge >= 0.3 is 18.3 Å². The quantitative estimate of drug-likeness (QED) is 0.626. The van der Waals surface area contributed by atoms with E-state index in [4.69, 9.17) is 5.11 Å². The third-order valence-corrected chi connectivity index (χ3v) is 2.09. The van der Waals surface area contributed by atoms with Crippen LogP contribution in [-0.4, -0.2) is 22.6 Å². The predicted molar refractivity (Wildman–Crippen MR) is 55.7 cm³/mol. The molecule has 18 heavy (non-hydrogen) atoms. The molecule has 1 N–H and O–H groups in total. The molecule has 1 aromatic rings. The van der Waals surface area contributed by atoms with E-state index in [2.05, 4.69) is 4.74 Å². The van der Waals surface area contributed by atoms with Gasteiger partial charge in [0.1, 0.15) is 0 Å². The highest BCUT2D eigenvalue weighted by Crippen LogP contribution is 2.32. The van der Waals surface area contributed by atoms with Crippen LogP contribution in [0.3, 0.4) is 0 Å². The first kappa shape index (κ1) is 13.8. The Morgan fingerprint density at radius 1 is 1.50 bits per heavy atom. The first-order valence-electron chi connectivity index (χ1n) is 4.84. The summed E-state index contributed by atoms with van der Waals surface area (Å²) in [4.78, 5) is 20.2. The number of carboxylic acid groups (broad SMARTS) is 1. The molecule has 0 unspecified atom stereocenters. The van der Waals surface area contributed by atoms with Gasteiger partial charge in [-0.15, -0.1) is 0 Å². The summed E-state index contributed by atoms with van der Waals surface area (Å²) in [6.45, 7) is -3.21. The summed E-state index contributed by atoms with van der Waals surface area (Å²) in [6.07, 6.45) is -0.458. The fourth-order valence-corrected chi connectivity index (χ4v) is 1.38. The summed E-state index contributed by atoms with van der Waals surface area (Å²) >= 11 is 0. The molecule has 0 saturated heterocycles. The third-order valence-electron chi connectivity index (χ3n) is 2.09. The van der Waals surface area contributed by atoms with Gasteiger partial charge in [0.05, 0.1) is 4.92 Å². The molecule has 0 bridgehead atoms. The Bertz CT molecular complexity index is 464. The van der Waals surface area contributed by atoms with Crippen molar-refractivity contribution in [2.75, 3.05) is 0 Å². The highest BCUT2D eigenvalue weighted by atomic mass is 19.3. The number of ether oxygens (including phenoxy) is 1. The van der Waals surface area contributed by atoms with Crippen LogP contribution in [0.5, 0.6) is 5.75 Å². The SMILES string of the molecule is O=C(O)CCc1cccc([N+](=O)[O-])c1OC(F)F. The van der Waals surface area contributed by atoms with Gasteiger partial charge < -0.3 is 9.84 Å². The van der Waals surface area contributed by atoms with Crippen molar-refractivity contribution in [2.45, 2.75) is 19.5 Å². The van der Waals surface area contributed by atoms with E-state index in [1.807, 2.05) is 0 Å². The Morgan fingerprint density at radius 3 is 2.67 bits per heavy atom. The number of nitro groups is 1. The Kier molecular flexibility index (Phi) is 4.52. The number of halogens is 2. The number of hydrogen-bond acceptors (Lipinski definition) is 4. The van der Waals surface area contributed by atoms with E-state index in [-0.39, 0.29) is 18.4 Å². The lowest BCUT2D eigenvalue weighted by atomic mass is 10.1. The minimum absolute atomic E-state index is 0.0619. The molecule has 8 heteroatoms. The second-order valence-electron chi connectivity index (χ2n) is 3.29. The van der Waals surface area contributed by atoms with Crippen molar-refractivity contribution < 1.29 is 28.3 Å². The van der Waals surface area contributed by atoms with Crippen molar-refractivity contribution in [1.82, 2.24) is 0 Å². The molecule has 0 heterocycles. The largest absolute Gasteiger partial charge is 0.481 e. The van der Waals surface area contributed by atoms with Crippen molar-refractivity contribution in [3.8, 4) is 5.75 Å². The smallest absolute Gasteiger partial charge is 0.387 e. The molecule has 0 aromatic heterocycles. The Balaban J connectivity index is 3.10. The van der Waals surface area contributed by atoms with Crippen molar-refractivity contribution in [3.05, 3.63) is 33.9 Å². The van der Waals surface area contributed by atoms with Gasteiger partial charge in [-0.25, -0.2) is 0 Å². The molecule has 1 aromatic carbocycles. The standard InChI is InChI=1S/C10H9F2NO5/c11-10(12)18-9-6(4-5-8(14)15)2-1-3-7(9)13(16)17/h1-3,10H,4-5H2,(H,14,15). The summed E-state index contributed by atoms with van der Waals surface area (Å²) in [5, 5.41) is 19.2. The maximum absolute atomic E-state index is 12.2. The van der Waals surface area contributed by atoms with Crippen molar-refractivity contribution in [1.29, 1.82) is 0 Å². The van der Waals surface area contributed by atoms with E-state index in [0.717, 1.165) is 6.07 Å². The lowest BCUT2D eigenvalue weighted by Crippen LogP contribution is -2.08. The molecule has 0 aliphatic carbocycles. The number of alkyl halides is 2. The van der Waals surface area contributed by atoms with Crippen LogP contribution in [0.2, 0.25) is 0 Å². The van der Waals surface area contributed by atoms with Crippen LogP contribution >= 0.6 is 0 Å². The highest BCUT2D eigenvalue weighted by Gasteiger charge is 2.22. The van der Waals surface area contributed by atoms with Gasteiger partial charge in [0, 0.05) is 18.1 Å². The molecule has 0 aliphatic rings. The van der Waals surface area contributed by atoms with E-state index in [1.54, 1.807) is 0 Å². The van der Waals surface area contributed by atoms with Gasteiger partial charge in [0.25, 0.3) is 0 Å². The minimum atomic E-state index is -3.21. The number of nitro benzene ring substituents is 1. The number of carbonyl (C=O) groups is 1. The Morgan fingerprint density at radius 2 is 2.17 bits per heavy atom. The molecule has 6 nitrogen and oxygen atoms in total. The fourth-order valence-electron chi connectivity index (χ4n) is 1.38. The summed E-state index contributed by atoms with van der Waals surface area (Å²) in [5.41, 5.74) is -0.551. The average Bonchev–Trinajstić information content (AvgIpc) is 2.26. The Labute approximate surface area is 99.9 Å². The molecule has 0 saturated carbocycles. The molecular weight excluding hydrogens is 252 g/mol. The van der Waals surface area contributed by atoms with Gasteiger partial charge in [-0.3, -0.25) is 14.9 Å². The van der Waals surface area contributed by atoms with Crippen LogP contribution in [0, 0.1) is 10.1 Å². The van der Waals surface area contributed by atoms with E-state index < -0.39 is 28.9 Å². The number of nitrogens with zero attached hydrogens (tertiary/aromatic N) is 1. The molecule has 0 radical (unpaired) electrons. The van der Waals surface area contributed by atoms with E-state index >= 15 is 0 Å². The fraction of sp³-hybridized carbons (Fsp3) is 0.300. The first-order valence-corrected chi connectivity index (χ1v) is 4.84. The number of hydrogen-bond donors (Lipinski definition) is 1. The number of carboxylic acids is 1. The predicted octanol–water partition coefficient (Wildman–Crippen LogP) is 2.21. The first-order chi connectivity index (χ1) is 8.41. The molecule has 0 amide bonds. The lowest BCUT2D eigenvalue weighted by molar-refractivity contribution is -0.386. The van der Waals surface area contributed by atoms with Gasteiger partial charge in [-0.2, -0.15) is 8.78 Å². The van der Waals surface area contributed by atoms with Crippen molar-refractivity contribution >= 4 is 11.7 Å². The van der Waals surface area contributed by atoms with Crippen LogP contribution in [-0.2, 0) is 11.2 Å². The zero-order valence-electron chi connectivity index (χ0n) is 9.01. The monoisotopic (exact) mass is 261 g/mol. The van der Waals surface area contributed by atoms with Gasteiger partial charge in [-0.1, -0.05) is 12.1 Å². The minimum Gasteiger partial charge on any atom is -0.481 e. The zero-order valence-corrected chi connectivity index (χ0v) is 9.01.